The Balaban J connectivity index is 0.00000147. The molecule has 1 aliphatic carbocycles. The second kappa shape index (κ2) is 12.9. The van der Waals surface area contributed by atoms with Crippen molar-refractivity contribution < 1.29 is 19.4 Å². The summed E-state index contributed by atoms with van der Waals surface area (Å²) in [4.78, 5) is 33.9. The molecule has 0 radical (unpaired) electrons. The van der Waals surface area contributed by atoms with Crippen molar-refractivity contribution in [3.8, 4) is 11.5 Å². The lowest BCUT2D eigenvalue weighted by atomic mass is 9.93. The summed E-state index contributed by atoms with van der Waals surface area (Å²) in [5, 5.41) is 16.6. The minimum absolute atomic E-state index is 0. The van der Waals surface area contributed by atoms with E-state index in [1.807, 2.05) is 55.5 Å². The Labute approximate surface area is 251 Å². The molecule has 0 bridgehead atoms. The van der Waals surface area contributed by atoms with Gasteiger partial charge in [0.25, 0.3) is 5.91 Å². The maximum atomic E-state index is 13.4. The lowest BCUT2D eigenvalue weighted by molar-refractivity contribution is 0.0872. The first kappa shape index (κ1) is 31.3. The Morgan fingerprint density at radius 2 is 1.77 bits per heavy atom. The number of carbonyl (C=O) groups is 2. The molecular weight excluding hydrogens is 565 g/mol. The fourth-order valence-corrected chi connectivity index (χ4v) is 6.04. The van der Waals surface area contributed by atoms with Crippen LogP contribution in [0.5, 0.6) is 11.5 Å². The van der Waals surface area contributed by atoms with Crippen molar-refractivity contribution in [1.29, 1.82) is 0 Å². The number of thiophene rings is 1. The number of para-hydroxylation sites is 1. The van der Waals surface area contributed by atoms with Gasteiger partial charge in [-0.05, 0) is 74.6 Å². The minimum atomic E-state index is -0.340. The molecule has 2 aromatic carbocycles. The number of urea groups is 1. The van der Waals surface area contributed by atoms with Crippen LogP contribution in [0.4, 0.5) is 21.9 Å². The van der Waals surface area contributed by atoms with Crippen LogP contribution in [-0.2, 0) is 0 Å². The summed E-state index contributed by atoms with van der Waals surface area (Å²) in [6.07, 6.45) is 4.19. The summed E-state index contributed by atoms with van der Waals surface area (Å²) in [5.41, 5.74) is 2.76. The smallest absolute Gasteiger partial charge is 0.331 e. The number of benzene rings is 2. The number of nitrogens with one attached hydrogen (secondary N) is 2. The van der Waals surface area contributed by atoms with Crippen LogP contribution in [0.3, 0.4) is 0 Å². The molecule has 212 valence electrons. The van der Waals surface area contributed by atoms with Gasteiger partial charge in [0.15, 0.2) is 0 Å². The zero-order chi connectivity index (χ0) is 25.5. The highest BCUT2D eigenvalue weighted by molar-refractivity contribution is 7.59. The highest BCUT2D eigenvalue weighted by Gasteiger charge is 2.34. The molecule has 1 saturated carbocycles. The molecule has 4 aromatic rings. The Kier molecular flexibility index (Phi) is 10.1. The van der Waals surface area contributed by atoms with E-state index >= 15 is 0 Å². The average molecular weight is 599 g/mol. The third-order valence-electron chi connectivity index (χ3n) is 6.87. The van der Waals surface area contributed by atoms with Crippen LogP contribution in [0.1, 0.15) is 48.3 Å². The number of hydrogen-bond acceptors (Lipinski definition) is 6. The molecule has 1 aliphatic heterocycles. The van der Waals surface area contributed by atoms with E-state index in [2.05, 4.69) is 15.6 Å². The van der Waals surface area contributed by atoms with Crippen molar-refractivity contribution in [1.82, 2.24) is 10.3 Å². The third kappa shape index (κ3) is 5.92. The fraction of sp³-hybridized carbons (Fsp3) is 0.276. The zero-order valence-electron chi connectivity index (χ0n) is 21.2. The number of aliphatic hydroxyl groups is 1. The van der Waals surface area contributed by atoms with Gasteiger partial charge in [-0.1, -0.05) is 25.6 Å². The van der Waals surface area contributed by atoms with Gasteiger partial charge in [-0.2, -0.15) is 27.0 Å². The van der Waals surface area contributed by atoms with Crippen molar-refractivity contribution in [3.05, 3.63) is 71.2 Å². The standard InChI is InChI=1S/C28H26N4O4S.CH4.2H2S/c1-16-15-20(36-19-5-3-2-4-6-19)11-12-21(16)32-22-13-14-29-27-23(22)24(31-28(32)35)25(37-27)26(34)30-17-7-9-18(33)10-8-17;;;/h2-6,11-15,17-18,33H,7-10H2,1H3,(H,30,34)(H,31,35);1H4;2*1H2. The largest absolute Gasteiger partial charge is 0.457 e. The van der Waals surface area contributed by atoms with Gasteiger partial charge in [0.05, 0.1) is 28.6 Å². The summed E-state index contributed by atoms with van der Waals surface area (Å²) in [6.45, 7) is 1.93. The minimum Gasteiger partial charge on any atom is -0.457 e. The normalized spacial score (nSPS) is 17.6. The van der Waals surface area contributed by atoms with Gasteiger partial charge in [-0.15, -0.1) is 11.3 Å². The molecule has 11 heteroatoms. The van der Waals surface area contributed by atoms with Gasteiger partial charge in [0, 0.05) is 12.2 Å². The topological polar surface area (TPSA) is 104 Å². The number of hydrogen-bond donors (Lipinski definition) is 3. The second-order valence-corrected chi connectivity index (χ2v) is 10.4. The van der Waals surface area contributed by atoms with E-state index < -0.39 is 0 Å². The van der Waals surface area contributed by atoms with Crippen LogP contribution in [0.15, 0.2) is 60.8 Å². The second-order valence-electron chi connectivity index (χ2n) is 9.42. The Morgan fingerprint density at radius 3 is 2.48 bits per heavy atom. The van der Waals surface area contributed by atoms with Crippen LogP contribution in [-0.4, -0.2) is 34.2 Å². The molecule has 0 atom stereocenters. The number of amides is 3. The molecular formula is C29H34N4O4S3. The highest BCUT2D eigenvalue weighted by Crippen LogP contribution is 2.46. The number of aromatic nitrogens is 1. The Morgan fingerprint density at radius 1 is 1.05 bits per heavy atom. The number of aryl methyl sites for hydroxylation is 1. The molecule has 0 spiro atoms. The van der Waals surface area contributed by atoms with E-state index in [1.165, 1.54) is 11.3 Å². The zero-order valence-corrected chi connectivity index (χ0v) is 24.0. The number of pyridine rings is 1. The van der Waals surface area contributed by atoms with E-state index in [0.717, 1.165) is 29.5 Å². The number of nitrogens with zero attached hydrogens (tertiary/aromatic N) is 2. The average Bonchev–Trinajstić information content (AvgIpc) is 3.27. The maximum Gasteiger partial charge on any atom is 0.331 e. The van der Waals surface area contributed by atoms with Crippen LogP contribution >= 0.6 is 38.3 Å². The number of aliphatic hydroxyl groups excluding tert-OH is 1. The molecule has 1 fully saturated rings. The van der Waals surface area contributed by atoms with Gasteiger partial charge in [0.2, 0.25) is 0 Å². The van der Waals surface area contributed by atoms with Crippen LogP contribution in [0.2, 0.25) is 0 Å². The van der Waals surface area contributed by atoms with Crippen molar-refractivity contribution >= 4 is 77.5 Å². The quantitative estimate of drug-likeness (QED) is 0.230. The van der Waals surface area contributed by atoms with Crippen molar-refractivity contribution in [2.24, 2.45) is 0 Å². The first-order chi connectivity index (χ1) is 18.0. The van der Waals surface area contributed by atoms with E-state index in [0.29, 0.717) is 45.4 Å². The highest BCUT2D eigenvalue weighted by atomic mass is 32.1. The molecule has 40 heavy (non-hydrogen) atoms. The van der Waals surface area contributed by atoms with Crippen LogP contribution in [0, 0.1) is 6.92 Å². The van der Waals surface area contributed by atoms with Gasteiger partial charge < -0.3 is 20.5 Å². The first-order valence-electron chi connectivity index (χ1n) is 12.3. The number of rotatable bonds is 5. The number of ether oxygens (including phenoxy) is 1. The monoisotopic (exact) mass is 598 g/mol. The van der Waals surface area contributed by atoms with E-state index in [-0.39, 0.29) is 58.5 Å². The summed E-state index contributed by atoms with van der Waals surface area (Å²) >= 11 is 1.27. The Hall–Kier alpha value is -3.25. The molecule has 0 saturated heterocycles. The fourth-order valence-electron chi connectivity index (χ4n) is 5.02. The van der Waals surface area contributed by atoms with E-state index in [9.17, 15) is 14.7 Å². The third-order valence-corrected chi connectivity index (χ3v) is 7.97. The summed E-state index contributed by atoms with van der Waals surface area (Å²) in [5.74, 6) is 1.19. The van der Waals surface area contributed by atoms with Crippen LogP contribution in [0.25, 0.3) is 10.2 Å². The van der Waals surface area contributed by atoms with Gasteiger partial charge >= 0.3 is 6.03 Å². The first-order valence-corrected chi connectivity index (χ1v) is 13.1. The van der Waals surface area contributed by atoms with Gasteiger partial charge in [-0.25, -0.2) is 9.78 Å². The Bertz CT molecular complexity index is 1500. The van der Waals surface area contributed by atoms with E-state index in [1.54, 1.807) is 17.2 Å². The molecule has 3 heterocycles. The molecule has 0 unspecified atom stereocenters. The molecule has 2 aromatic heterocycles. The molecule has 2 aliphatic rings. The number of anilines is 3. The summed E-state index contributed by atoms with van der Waals surface area (Å²) in [6, 6.07) is 16.6. The van der Waals surface area contributed by atoms with Crippen molar-refractivity contribution in [3.63, 3.8) is 0 Å². The van der Waals surface area contributed by atoms with Crippen LogP contribution < -0.4 is 20.3 Å². The lowest BCUT2D eigenvalue weighted by Gasteiger charge is -2.30. The maximum absolute atomic E-state index is 13.4. The van der Waals surface area contributed by atoms with Gasteiger partial charge in [0.1, 0.15) is 21.2 Å². The molecule has 8 nitrogen and oxygen atoms in total. The molecule has 3 N–H and O–H groups in total. The van der Waals surface area contributed by atoms with Gasteiger partial charge in [-0.3, -0.25) is 9.69 Å². The van der Waals surface area contributed by atoms with Crippen molar-refractivity contribution in [2.45, 2.75) is 52.2 Å². The summed E-state index contributed by atoms with van der Waals surface area (Å²) in [7, 11) is 0. The van der Waals surface area contributed by atoms with E-state index in [4.69, 9.17) is 4.74 Å². The number of carbonyl (C=O) groups excluding carboxylic acids is 2. The lowest BCUT2D eigenvalue weighted by Crippen LogP contribution is -2.39. The molecule has 6 rings (SSSR count). The predicted molar refractivity (Wildman–Crippen MR) is 172 cm³/mol. The predicted octanol–water partition coefficient (Wildman–Crippen LogP) is 6.98. The summed E-state index contributed by atoms with van der Waals surface area (Å²) < 4.78 is 5.95. The SMILES string of the molecule is C.Cc1cc(Oc2ccccc2)ccc1N1C(=O)Nc2c(C(=O)NC3CCC(O)CC3)sc3nccc1c23.S.S. The molecule has 3 amide bonds. The van der Waals surface area contributed by atoms with Crippen molar-refractivity contribution in [2.75, 3.05) is 10.2 Å².